The van der Waals surface area contributed by atoms with Crippen LogP contribution in [0.15, 0.2) is 54.9 Å². The van der Waals surface area contributed by atoms with Gasteiger partial charge in [0.2, 0.25) is 5.91 Å². The molecule has 21 heavy (non-hydrogen) atoms. The van der Waals surface area contributed by atoms with E-state index in [0.717, 1.165) is 11.0 Å². The van der Waals surface area contributed by atoms with Gasteiger partial charge in [0.05, 0.1) is 11.0 Å². The van der Waals surface area contributed by atoms with Gasteiger partial charge in [0.15, 0.2) is 0 Å². The summed E-state index contributed by atoms with van der Waals surface area (Å²) < 4.78 is 1.52. The van der Waals surface area contributed by atoms with E-state index in [0.29, 0.717) is 11.3 Å². The second-order valence-electron chi connectivity index (χ2n) is 4.67. The van der Waals surface area contributed by atoms with E-state index < -0.39 is 0 Å². The maximum Gasteiger partial charge on any atom is 0.263 e. The monoisotopic (exact) mass is 279 g/mol. The molecule has 0 aliphatic carbocycles. The fourth-order valence-electron chi connectivity index (χ4n) is 2.16. The van der Waals surface area contributed by atoms with Crippen molar-refractivity contribution in [2.45, 2.75) is 6.92 Å². The van der Waals surface area contributed by atoms with Gasteiger partial charge in [-0.05, 0) is 36.4 Å². The number of carbonyl (C=O) groups excluding carboxylic acids is 2. The predicted octanol–water partition coefficient (Wildman–Crippen LogP) is 2.68. The number of carbonyl (C=O) groups is 2. The van der Waals surface area contributed by atoms with E-state index >= 15 is 0 Å². The van der Waals surface area contributed by atoms with E-state index in [2.05, 4.69) is 10.3 Å². The lowest BCUT2D eigenvalue weighted by Crippen LogP contribution is -2.11. The number of imidazole rings is 1. The lowest BCUT2D eigenvalue weighted by Gasteiger charge is -2.05. The summed E-state index contributed by atoms with van der Waals surface area (Å²) in [5, 5.41) is 2.67. The van der Waals surface area contributed by atoms with Crippen molar-refractivity contribution in [2.75, 3.05) is 5.32 Å². The Morgan fingerprint density at radius 3 is 2.48 bits per heavy atom. The molecular formula is C16H13N3O2. The van der Waals surface area contributed by atoms with Gasteiger partial charge in [-0.3, -0.25) is 14.2 Å². The number of benzene rings is 2. The Balaban J connectivity index is 1.93. The zero-order valence-electron chi connectivity index (χ0n) is 11.4. The number of hydrogen-bond donors (Lipinski definition) is 1. The van der Waals surface area contributed by atoms with E-state index in [4.69, 9.17) is 0 Å². The Hall–Kier alpha value is -2.95. The molecule has 1 N–H and O–H groups in total. The van der Waals surface area contributed by atoms with Gasteiger partial charge in [-0.25, -0.2) is 4.98 Å². The molecule has 0 atom stereocenters. The van der Waals surface area contributed by atoms with Gasteiger partial charge in [-0.2, -0.15) is 0 Å². The van der Waals surface area contributed by atoms with Crippen LogP contribution in [0.25, 0.3) is 11.0 Å². The third kappa shape index (κ3) is 2.53. The van der Waals surface area contributed by atoms with Gasteiger partial charge in [-0.15, -0.1) is 0 Å². The number of para-hydroxylation sites is 2. The minimum Gasteiger partial charge on any atom is -0.326 e. The van der Waals surface area contributed by atoms with Crippen molar-refractivity contribution in [2.24, 2.45) is 0 Å². The van der Waals surface area contributed by atoms with Gasteiger partial charge < -0.3 is 5.32 Å². The molecule has 2 aromatic carbocycles. The first-order valence-corrected chi connectivity index (χ1v) is 6.49. The Labute approximate surface area is 121 Å². The van der Waals surface area contributed by atoms with Crippen LogP contribution in [0.3, 0.4) is 0 Å². The van der Waals surface area contributed by atoms with Crippen LogP contribution in [0.5, 0.6) is 0 Å². The van der Waals surface area contributed by atoms with E-state index in [1.54, 1.807) is 24.3 Å². The van der Waals surface area contributed by atoms with Gasteiger partial charge in [0.25, 0.3) is 5.91 Å². The van der Waals surface area contributed by atoms with Gasteiger partial charge in [0, 0.05) is 18.2 Å². The molecular weight excluding hydrogens is 266 g/mol. The van der Waals surface area contributed by atoms with E-state index in [-0.39, 0.29) is 11.8 Å². The van der Waals surface area contributed by atoms with Crippen LogP contribution in [0.2, 0.25) is 0 Å². The highest BCUT2D eigenvalue weighted by atomic mass is 16.2. The zero-order valence-corrected chi connectivity index (χ0v) is 11.4. The molecule has 5 heteroatoms. The lowest BCUT2D eigenvalue weighted by atomic mass is 10.2. The molecule has 0 saturated carbocycles. The first-order chi connectivity index (χ1) is 10.1. The number of hydrogen-bond acceptors (Lipinski definition) is 3. The summed E-state index contributed by atoms with van der Waals surface area (Å²) in [6, 6.07) is 14.2. The SMILES string of the molecule is CC(=O)Nc1ccc(C(=O)n2cnc3ccccc32)cc1. The van der Waals surface area contributed by atoms with Crippen LogP contribution in [0.1, 0.15) is 17.3 Å². The maximum absolute atomic E-state index is 12.5. The van der Waals surface area contributed by atoms with Crippen LogP contribution in [0.4, 0.5) is 5.69 Å². The molecule has 0 radical (unpaired) electrons. The molecule has 0 fully saturated rings. The van der Waals surface area contributed by atoms with Crippen LogP contribution in [-0.4, -0.2) is 21.4 Å². The van der Waals surface area contributed by atoms with Gasteiger partial charge >= 0.3 is 0 Å². The molecule has 0 spiro atoms. The number of amides is 1. The summed E-state index contributed by atoms with van der Waals surface area (Å²) in [4.78, 5) is 27.7. The predicted molar refractivity (Wildman–Crippen MR) is 80.2 cm³/mol. The van der Waals surface area contributed by atoms with E-state index in [9.17, 15) is 9.59 Å². The molecule has 3 rings (SSSR count). The van der Waals surface area contributed by atoms with Gasteiger partial charge in [0.1, 0.15) is 6.33 Å². The molecule has 104 valence electrons. The fourth-order valence-corrected chi connectivity index (χ4v) is 2.16. The molecule has 0 unspecified atom stereocenters. The normalized spacial score (nSPS) is 10.5. The van der Waals surface area contributed by atoms with Crippen LogP contribution in [0, 0.1) is 0 Å². The number of nitrogens with zero attached hydrogens (tertiary/aromatic N) is 2. The molecule has 0 saturated heterocycles. The molecule has 1 aromatic heterocycles. The topological polar surface area (TPSA) is 64.0 Å². The average Bonchev–Trinajstić information content (AvgIpc) is 2.90. The maximum atomic E-state index is 12.5. The summed E-state index contributed by atoms with van der Waals surface area (Å²) in [7, 11) is 0. The summed E-state index contributed by atoms with van der Waals surface area (Å²) in [6.07, 6.45) is 1.52. The standard InChI is InChI=1S/C16H13N3O2/c1-11(20)18-13-8-6-12(7-9-13)16(21)19-10-17-14-4-2-3-5-15(14)19/h2-10H,1H3,(H,18,20). The Morgan fingerprint density at radius 1 is 1.05 bits per heavy atom. The second kappa shape index (κ2) is 5.20. The molecule has 0 aliphatic rings. The molecule has 3 aromatic rings. The summed E-state index contributed by atoms with van der Waals surface area (Å²) in [6.45, 7) is 1.44. The molecule has 1 amide bonds. The van der Waals surface area contributed by atoms with Crippen molar-refractivity contribution >= 4 is 28.5 Å². The van der Waals surface area contributed by atoms with Crippen molar-refractivity contribution < 1.29 is 9.59 Å². The van der Waals surface area contributed by atoms with Crippen molar-refractivity contribution in [3.8, 4) is 0 Å². The number of rotatable bonds is 2. The largest absolute Gasteiger partial charge is 0.326 e. The van der Waals surface area contributed by atoms with Crippen molar-refractivity contribution in [1.82, 2.24) is 9.55 Å². The molecule has 1 heterocycles. The lowest BCUT2D eigenvalue weighted by molar-refractivity contribution is -0.114. The highest BCUT2D eigenvalue weighted by molar-refractivity contribution is 6.01. The Morgan fingerprint density at radius 2 is 1.76 bits per heavy atom. The Kier molecular flexibility index (Phi) is 3.23. The van der Waals surface area contributed by atoms with Gasteiger partial charge in [-0.1, -0.05) is 12.1 Å². The van der Waals surface area contributed by atoms with E-state index in [1.807, 2.05) is 24.3 Å². The van der Waals surface area contributed by atoms with Crippen LogP contribution in [-0.2, 0) is 4.79 Å². The van der Waals surface area contributed by atoms with Crippen LogP contribution >= 0.6 is 0 Å². The Bertz CT molecular complexity index is 819. The number of nitrogens with one attached hydrogen (secondary N) is 1. The number of fused-ring (bicyclic) bond motifs is 1. The van der Waals surface area contributed by atoms with E-state index in [1.165, 1.54) is 17.8 Å². The average molecular weight is 279 g/mol. The molecule has 5 nitrogen and oxygen atoms in total. The first kappa shape index (κ1) is 13.1. The minimum absolute atomic E-state index is 0.144. The summed E-state index contributed by atoms with van der Waals surface area (Å²) in [5.41, 5.74) is 2.75. The number of aromatic nitrogens is 2. The summed E-state index contributed by atoms with van der Waals surface area (Å²) >= 11 is 0. The third-order valence-corrected chi connectivity index (χ3v) is 3.12. The fraction of sp³-hybridized carbons (Fsp3) is 0.0625. The minimum atomic E-state index is -0.155. The van der Waals surface area contributed by atoms with Crippen molar-refractivity contribution in [1.29, 1.82) is 0 Å². The number of anilines is 1. The van der Waals surface area contributed by atoms with Crippen molar-refractivity contribution in [3.63, 3.8) is 0 Å². The third-order valence-electron chi connectivity index (χ3n) is 3.12. The van der Waals surface area contributed by atoms with Crippen molar-refractivity contribution in [3.05, 3.63) is 60.4 Å². The quantitative estimate of drug-likeness (QED) is 0.784. The zero-order chi connectivity index (χ0) is 14.8. The second-order valence-corrected chi connectivity index (χ2v) is 4.67. The highest BCUT2D eigenvalue weighted by Gasteiger charge is 2.12. The first-order valence-electron chi connectivity index (χ1n) is 6.49. The molecule has 0 bridgehead atoms. The molecule has 0 aliphatic heterocycles. The van der Waals surface area contributed by atoms with Crippen LogP contribution < -0.4 is 5.32 Å². The summed E-state index contributed by atoms with van der Waals surface area (Å²) in [5.74, 6) is -0.298. The smallest absolute Gasteiger partial charge is 0.263 e. The highest BCUT2D eigenvalue weighted by Crippen LogP contribution is 2.15.